The average Bonchev–Trinajstić information content (AvgIpc) is 2.11. The second kappa shape index (κ2) is 3.56. The zero-order chi connectivity index (χ0) is 9.31. The Bertz CT molecular complexity index is 176. The van der Waals surface area contributed by atoms with Crippen molar-refractivity contribution in [2.75, 3.05) is 19.7 Å². The molecule has 0 aliphatic carbocycles. The molecule has 2 saturated heterocycles. The van der Waals surface area contributed by atoms with Crippen LogP contribution in [-0.2, 0) is 4.74 Å². The van der Waals surface area contributed by atoms with Gasteiger partial charge in [0.1, 0.15) is 0 Å². The summed E-state index contributed by atoms with van der Waals surface area (Å²) in [5, 5.41) is 10.7. The van der Waals surface area contributed by atoms with Crippen LogP contribution in [0.1, 0.15) is 32.6 Å². The Balaban J connectivity index is 1.95. The van der Waals surface area contributed by atoms with E-state index < -0.39 is 0 Å². The first kappa shape index (κ1) is 9.44. The number of piperidine rings is 1. The minimum Gasteiger partial charge on any atom is -0.375 e. The molecule has 3 nitrogen and oxygen atoms in total. The minimum absolute atomic E-state index is 0.108. The Kier molecular flexibility index (Phi) is 2.58. The molecule has 2 heterocycles. The highest BCUT2D eigenvalue weighted by molar-refractivity contribution is 4.89. The summed E-state index contributed by atoms with van der Waals surface area (Å²) < 4.78 is 5.89. The first-order chi connectivity index (χ1) is 6.20. The second-order valence-electron chi connectivity index (χ2n) is 4.58. The maximum atomic E-state index is 9.27. The van der Waals surface area contributed by atoms with Gasteiger partial charge in [-0.3, -0.25) is 0 Å². The topological polar surface area (TPSA) is 32.7 Å². The predicted molar refractivity (Wildman–Crippen MR) is 49.7 cm³/mol. The van der Waals surface area contributed by atoms with Crippen LogP contribution < -0.4 is 0 Å². The molecule has 3 heteroatoms. The molecule has 0 aromatic carbocycles. The van der Waals surface area contributed by atoms with Crippen molar-refractivity contribution in [1.29, 1.82) is 0 Å². The molecule has 1 unspecified atom stereocenters. The summed E-state index contributed by atoms with van der Waals surface area (Å²) in [5.74, 6) is 0.791. The molecule has 76 valence electrons. The van der Waals surface area contributed by atoms with Crippen molar-refractivity contribution in [2.24, 2.45) is 5.92 Å². The zero-order valence-electron chi connectivity index (χ0n) is 8.33. The van der Waals surface area contributed by atoms with Crippen molar-refractivity contribution in [1.82, 2.24) is 5.06 Å². The van der Waals surface area contributed by atoms with E-state index in [2.05, 4.69) is 6.92 Å². The van der Waals surface area contributed by atoms with Gasteiger partial charge in [-0.25, -0.2) is 0 Å². The van der Waals surface area contributed by atoms with Crippen molar-refractivity contribution < 1.29 is 9.94 Å². The summed E-state index contributed by atoms with van der Waals surface area (Å²) in [5.41, 5.74) is 0.108. The molecule has 2 aliphatic heterocycles. The SMILES string of the molecule is CC1CCOC2(CCN(O)CC2)C1. The molecule has 1 spiro atoms. The van der Waals surface area contributed by atoms with Crippen LogP contribution in [0.2, 0.25) is 0 Å². The number of ether oxygens (including phenoxy) is 1. The molecule has 0 radical (unpaired) electrons. The lowest BCUT2D eigenvalue weighted by molar-refractivity contribution is -0.181. The van der Waals surface area contributed by atoms with Gasteiger partial charge >= 0.3 is 0 Å². The van der Waals surface area contributed by atoms with Gasteiger partial charge in [0.05, 0.1) is 5.60 Å². The molecular formula is C10H19NO2. The summed E-state index contributed by atoms with van der Waals surface area (Å²) in [6.45, 7) is 4.75. The van der Waals surface area contributed by atoms with E-state index in [1.165, 1.54) is 17.9 Å². The van der Waals surface area contributed by atoms with E-state index in [0.717, 1.165) is 38.5 Å². The van der Waals surface area contributed by atoms with E-state index in [4.69, 9.17) is 4.74 Å². The number of hydrogen-bond acceptors (Lipinski definition) is 3. The van der Waals surface area contributed by atoms with Gasteiger partial charge in [0.15, 0.2) is 0 Å². The molecule has 0 aromatic rings. The maximum Gasteiger partial charge on any atom is 0.0711 e. The standard InChI is InChI=1S/C10H19NO2/c1-9-2-7-13-10(8-9)3-5-11(12)6-4-10/h9,12H,2-8H2,1H3. The predicted octanol–water partition coefficient (Wildman–Crippen LogP) is 1.66. The van der Waals surface area contributed by atoms with Crippen LogP contribution in [0.25, 0.3) is 0 Å². The number of hydrogen-bond donors (Lipinski definition) is 1. The molecule has 0 bridgehead atoms. The van der Waals surface area contributed by atoms with Crippen molar-refractivity contribution in [3.8, 4) is 0 Å². The smallest absolute Gasteiger partial charge is 0.0711 e. The molecule has 1 atom stereocenters. The molecular weight excluding hydrogens is 166 g/mol. The van der Waals surface area contributed by atoms with Crippen molar-refractivity contribution in [2.45, 2.75) is 38.2 Å². The molecule has 1 N–H and O–H groups in total. The van der Waals surface area contributed by atoms with Crippen LogP contribution in [0.5, 0.6) is 0 Å². The molecule has 2 rings (SSSR count). The third-order valence-electron chi connectivity index (χ3n) is 3.39. The number of nitrogens with zero attached hydrogens (tertiary/aromatic N) is 1. The van der Waals surface area contributed by atoms with Gasteiger partial charge in [-0.15, -0.1) is 0 Å². The van der Waals surface area contributed by atoms with Crippen LogP contribution in [0.15, 0.2) is 0 Å². The summed E-state index contributed by atoms with van der Waals surface area (Å²) in [6, 6.07) is 0. The molecule has 0 aromatic heterocycles. The number of rotatable bonds is 0. The largest absolute Gasteiger partial charge is 0.375 e. The Morgan fingerprint density at radius 2 is 2.08 bits per heavy atom. The highest BCUT2D eigenvalue weighted by Gasteiger charge is 2.38. The quantitative estimate of drug-likeness (QED) is 0.623. The van der Waals surface area contributed by atoms with Gasteiger partial charge in [-0.2, -0.15) is 5.06 Å². The van der Waals surface area contributed by atoms with E-state index in [1.807, 2.05) is 0 Å². The van der Waals surface area contributed by atoms with E-state index >= 15 is 0 Å². The van der Waals surface area contributed by atoms with Gasteiger partial charge < -0.3 is 9.94 Å². The molecule has 0 amide bonds. The Morgan fingerprint density at radius 1 is 1.38 bits per heavy atom. The lowest BCUT2D eigenvalue weighted by Gasteiger charge is -2.44. The van der Waals surface area contributed by atoms with E-state index in [-0.39, 0.29) is 5.60 Å². The van der Waals surface area contributed by atoms with Crippen molar-refractivity contribution in [3.63, 3.8) is 0 Å². The van der Waals surface area contributed by atoms with E-state index in [1.54, 1.807) is 0 Å². The normalized spacial score (nSPS) is 35.1. The summed E-state index contributed by atoms with van der Waals surface area (Å²) >= 11 is 0. The fraction of sp³-hybridized carbons (Fsp3) is 1.00. The van der Waals surface area contributed by atoms with Gasteiger partial charge in [-0.1, -0.05) is 6.92 Å². The third-order valence-corrected chi connectivity index (χ3v) is 3.39. The van der Waals surface area contributed by atoms with E-state index in [0.29, 0.717) is 0 Å². The first-order valence-corrected chi connectivity index (χ1v) is 5.28. The van der Waals surface area contributed by atoms with Crippen molar-refractivity contribution in [3.05, 3.63) is 0 Å². The highest BCUT2D eigenvalue weighted by atomic mass is 16.5. The lowest BCUT2D eigenvalue weighted by Crippen LogP contribution is -2.48. The molecule has 2 fully saturated rings. The highest BCUT2D eigenvalue weighted by Crippen LogP contribution is 2.36. The monoisotopic (exact) mass is 185 g/mol. The average molecular weight is 185 g/mol. The third kappa shape index (κ3) is 2.03. The van der Waals surface area contributed by atoms with Crippen LogP contribution in [0, 0.1) is 5.92 Å². The lowest BCUT2D eigenvalue weighted by atomic mass is 9.80. The minimum atomic E-state index is 0.108. The Morgan fingerprint density at radius 3 is 2.69 bits per heavy atom. The van der Waals surface area contributed by atoms with Crippen LogP contribution in [-0.4, -0.2) is 35.6 Å². The Hall–Kier alpha value is -0.120. The van der Waals surface area contributed by atoms with Crippen LogP contribution in [0.3, 0.4) is 0 Å². The second-order valence-corrected chi connectivity index (χ2v) is 4.58. The van der Waals surface area contributed by atoms with Crippen LogP contribution in [0.4, 0.5) is 0 Å². The maximum absolute atomic E-state index is 9.27. The van der Waals surface area contributed by atoms with Gasteiger partial charge in [-0.05, 0) is 31.6 Å². The van der Waals surface area contributed by atoms with Gasteiger partial charge in [0.25, 0.3) is 0 Å². The fourth-order valence-corrected chi connectivity index (χ4v) is 2.52. The summed E-state index contributed by atoms with van der Waals surface area (Å²) in [7, 11) is 0. The zero-order valence-corrected chi connectivity index (χ0v) is 8.33. The van der Waals surface area contributed by atoms with Gasteiger partial charge in [0.2, 0.25) is 0 Å². The fourth-order valence-electron chi connectivity index (χ4n) is 2.52. The summed E-state index contributed by atoms with van der Waals surface area (Å²) in [4.78, 5) is 0. The van der Waals surface area contributed by atoms with E-state index in [9.17, 15) is 5.21 Å². The molecule has 2 aliphatic rings. The molecule has 13 heavy (non-hydrogen) atoms. The number of hydroxylamine groups is 2. The van der Waals surface area contributed by atoms with Gasteiger partial charge in [0, 0.05) is 19.7 Å². The first-order valence-electron chi connectivity index (χ1n) is 5.28. The summed E-state index contributed by atoms with van der Waals surface area (Å²) in [6.07, 6.45) is 4.37. The van der Waals surface area contributed by atoms with Crippen molar-refractivity contribution >= 4 is 0 Å². The molecule has 0 saturated carbocycles. The van der Waals surface area contributed by atoms with Crippen LogP contribution >= 0.6 is 0 Å². The Labute approximate surface area is 79.6 Å².